The Bertz CT molecular complexity index is 433. The predicted molar refractivity (Wildman–Crippen MR) is 50.6 cm³/mol. The zero-order chi connectivity index (χ0) is 9.26. The average molecular weight is 174 g/mol. The van der Waals surface area contributed by atoms with Crippen molar-refractivity contribution in [2.75, 3.05) is 0 Å². The first-order valence-corrected chi connectivity index (χ1v) is 4.20. The Labute approximate surface area is 75.8 Å². The number of pyridine rings is 1. The molecule has 0 saturated heterocycles. The standard InChI is InChI=1S/C10H10N2O/c1-7(6-13)9-5-12-10-8(9)3-2-4-11-10/h2-7H,1H3,(H,11,12). The molecule has 1 unspecified atom stereocenters. The summed E-state index contributed by atoms with van der Waals surface area (Å²) >= 11 is 0. The monoisotopic (exact) mass is 174 g/mol. The van der Waals surface area contributed by atoms with E-state index in [0.717, 1.165) is 22.9 Å². The van der Waals surface area contributed by atoms with Crippen molar-refractivity contribution in [2.24, 2.45) is 0 Å². The molecule has 3 heteroatoms. The smallest absolute Gasteiger partial charge is 0.137 e. The number of aromatic nitrogens is 2. The van der Waals surface area contributed by atoms with E-state index in [0.29, 0.717) is 0 Å². The number of H-pyrrole nitrogens is 1. The van der Waals surface area contributed by atoms with Gasteiger partial charge in [-0.3, -0.25) is 0 Å². The van der Waals surface area contributed by atoms with E-state index in [2.05, 4.69) is 9.97 Å². The highest BCUT2D eigenvalue weighted by atomic mass is 16.1. The maximum absolute atomic E-state index is 10.6. The van der Waals surface area contributed by atoms with Crippen LogP contribution in [0.1, 0.15) is 18.4 Å². The van der Waals surface area contributed by atoms with Gasteiger partial charge in [-0.2, -0.15) is 0 Å². The van der Waals surface area contributed by atoms with E-state index >= 15 is 0 Å². The Balaban J connectivity index is 2.64. The first-order chi connectivity index (χ1) is 6.33. The summed E-state index contributed by atoms with van der Waals surface area (Å²) in [5, 5.41) is 1.03. The number of hydrogen-bond acceptors (Lipinski definition) is 2. The maximum atomic E-state index is 10.6. The maximum Gasteiger partial charge on any atom is 0.137 e. The van der Waals surface area contributed by atoms with E-state index in [-0.39, 0.29) is 5.92 Å². The van der Waals surface area contributed by atoms with Crippen LogP contribution in [-0.2, 0) is 4.79 Å². The van der Waals surface area contributed by atoms with E-state index in [1.807, 2.05) is 25.3 Å². The fourth-order valence-electron chi connectivity index (χ4n) is 1.43. The molecule has 2 heterocycles. The van der Waals surface area contributed by atoms with Crippen LogP contribution >= 0.6 is 0 Å². The van der Waals surface area contributed by atoms with Crippen molar-refractivity contribution < 1.29 is 4.79 Å². The van der Waals surface area contributed by atoms with Gasteiger partial charge < -0.3 is 9.78 Å². The van der Waals surface area contributed by atoms with Gasteiger partial charge in [0.15, 0.2) is 0 Å². The first-order valence-electron chi connectivity index (χ1n) is 4.20. The Kier molecular flexibility index (Phi) is 1.85. The van der Waals surface area contributed by atoms with E-state index in [4.69, 9.17) is 0 Å². The van der Waals surface area contributed by atoms with Crippen LogP contribution < -0.4 is 0 Å². The molecule has 1 atom stereocenters. The quantitative estimate of drug-likeness (QED) is 0.706. The molecule has 0 radical (unpaired) electrons. The number of rotatable bonds is 2. The van der Waals surface area contributed by atoms with Gasteiger partial charge >= 0.3 is 0 Å². The van der Waals surface area contributed by atoms with E-state index in [1.165, 1.54) is 0 Å². The van der Waals surface area contributed by atoms with E-state index in [9.17, 15) is 4.79 Å². The molecule has 0 aliphatic heterocycles. The lowest BCUT2D eigenvalue weighted by Crippen LogP contribution is -1.91. The summed E-state index contributed by atoms with van der Waals surface area (Å²) in [4.78, 5) is 17.8. The molecule has 3 nitrogen and oxygen atoms in total. The highest BCUT2D eigenvalue weighted by molar-refractivity contribution is 5.83. The van der Waals surface area contributed by atoms with Crippen LogP contribution in [0.5, 0.6) is 0 Å². The molecule has 2 rings (SSSR count). The van der Waals surface area contributed by atoms with Gasteiger partial charge in [0.2, 0.25) is 0 Å². The number of aldehydes is 1. The van der Waals surface area contributed by atoms with E-state index < -0.39 is 0 Å². The summed E-state index contributed by atoms with van der Waals surface area (Å²) in [6.45, 7) is 1.88. The zero-order valence-electron chi connectivity index (χ0n) is 7.32. The first kappa shape index (κ1) is 7.98. The SMILES string of the molecule is CC(C=O)c1c[nH]c2ncccc12. The molecule has 0 spiro atoms. The van der Waals surface area contributed by atoms with E-state index in [1.54, 1.807) is 6.20 Å². The minimum absolute atomic E-state index is 0.0713. The molecule has 0 bridgehead atoms. The number of hydrogen-bond donors (Lipinski definition) is 1. The second-order valence-corrected chi connectivity index (χ2v) is 3.07. The molecule has 2 aromatic heterocycles. The van der Waals surface area contributed by atoms with Crippen molar-refractivity contribution in [3.05, 3.63) is 30.1 Å². The van der Waals surface area contributed by atoms with Crippen LogP contribution in [0.3, 0.4) is 0 Å². The van der Waals surface area contributed by atoms with Crippen molar-refractivity contribution >= 4 is 17.3 Å². The minimum Gasteiger partial charge on any atom is -0.346 e. The molecule has 0 aliphatic rings. The molecule has 0 aromatic carbocycles. The Morgan fingerprint density at radius 3 is 3.23 bits per heavy atom. The summed E-state index contributed by atoms with van der Waals surface area (Å²) in [5.74, 6) is -0.0713. The molecule has 1 N–H and O–H groups in total. The molecule has 0 saturated carbocycles. The third kappa shape index (κ3) is 1.22. The topological polar surface area (TPSA) is 45.8 Å². The van der Waals surface area contributed by atoms with Crippen molar-refractivity contribution in [3.8, 4) is 0 Å². The van der Waals surface area contributed by atoms with Crippen LogP contribution in [0.4, 0.5) is 0 Å². The Morgan fingerprint density at radius 1 is 1.62 bits per heavy atom. The second-order valence-electron chi connectivity index (χ2n) is 3.07. The molecule has 66 valence electrons. The molecule has 0 fully saturated rings. The largest absolute Gasteiger partial charge is 0.346 e. The van der Waals surface area contributed by atoms with Crippen molar-refractivity contribution in [2.45, 2.75) is 12.8 Å². The van der Waals surface area contributed by atoms with Crippen molar-refractivity contribution in [1.29, 1.82) is 0 Å². The minimum atomic E-state index is -0.0713. The van der Waals surface area contributed by atoms with Gasteiger partial charge in [0.1, 0.15) is 11.9 Å². The summed E-state index contributed by atoms with van der Waals surface area (Å²) in [6, 6.07) is 3.84. The van der Waals surface area contributed by atoms with Crippen LogP contribution in [0, 0.1) is 0 Å². The fourth-order valence-corrected chi connectivity index (χ4v) is 1.43. The summed E-state index contributed by atoms with van der Waals surface area (Å²) in [5.41, 5.74) is 1.85. The lowest BCUT2D eigenvalue weighted by Gasteiger charge is -1.99. The fraction of sp³-hybridized carbons (Fsp3) is 0.200. The highest BCUT2D eigenvalue weighted by Gasteiger charge is 2.09. The van der Waals surface area contributed by atoms with Crippen molar-refractivity contribution in [3.63, 3.8) is 0 Å². The third-order valence-corrected chi connectivity index (χ3v) is 2.18. The number of nitrogens with zero attached hydrogens (tertiary/aromatic N) is 1. The van der Waals surface area contributed by atoms with Gasteiger partial charge in [0.25, 0.3) is 0 Å². The van der Waals surface area contributed by atoms with Crippen LogP contribution in [0.25, 0.3) is 11.0 Å². The Morgan fingerprint density at radius 2 is 2.46 bits per heavy atom. The van der Waals surface area contributed by atoms with Gasteiger partial charge in [-0.1, -0.05) is 6.92 Å². The molecule has 2 aromatic rings. The Hall–Kier alpha value is -1.64. The van der Waals surface area contributed by atoms with Gasteiger partial charge in [0.05, 0.1) is 0 Å². The highest BCUT2D eigenvalue weighted by Crippen LogP contribution is 2.22. The molecular formula is C10H10N2O. The van der Waals surface area contributed by atoms with Gasteiger partial charge in [-0.05, 0) is 17.7 Å². The number of aromatic amines is 1. The van der Waals surface area contributed by atoms with Crippen LogP contribution in [-0.4, -0.2) is 16.3 Å². The van der Waals surface area contributed by atoms with Gasteiger partial charge in [-0.15, -0.1) is 0 Å². The zero-order valence-corrected chi connectivity index (χ0v) is 7.32. The molecule has 0 aliphatic carbocycles. The molecular weight excluding hydrogens is 164 g/mol. The van der Waals surface area contributed by atoms with Gasteiger partial charge in [0, 0.05) is 23.7 Å². The summed E-state index contributed by atoms with van der Waals surface area (Å²) in [6.07, 6.45) is 4.51. The number of carbonyl (C=O) groups is 1. The summed E-state index contributed by atoms with van der Waals surface area (Å²) < 4.78 is 0. The predicted octanol–water partition coefficient (Wildman–Crippen LogP) is 1.87. The lowest BCUT2D eigenvalue weighted by molar-refractivity contribution is -0.108. The molecule has 0 amide bonds. The van der Waals surface area contributed by atoms with Crippen LogP contribution in [0.15, 0.2) is 24.5 Å². The summed E-state index contributed by atoms with van der Waals surface area (Å²) in [7, 11) is 0. The van der Waals surface area contributed by atoms with Crippen LogP contribution in [0.2, 0.25) is 0 Å². The average Bonchev–Trinajstić information content (AvgIpc) is 2.60. The number of carbonyl (C=O) groups excluding carboxylic acids is 1. The van der Waals surface area contributed by atoms with Gasteiger partial charge in [-0.25, -0.2) is 4.98 Å². The number of fused-ring (bicyclic) bond motifs is 1. The normalized spacial score (nSPS) is 13.0. The second kappa shape index (κ2) is 3.01. The lowest BCUT2D eigenvalue weighted by atomic mass is 10.0. The van der Waals surface area contributed by atoms with Crippen molar-refractivity contribution in [1.82, 2.24) is 9.97 Å². The number of nitrogens with one attached hydrogen (secondary N) is 1. The third-order valence-electron chi connectivity index (χ3n) is 2.18. The molecule has 13 heavy (non-hydrogen) atoms.